The number of imidazole rings is 1. The normalized spacial score (nSPS) is 16.8. The molecule has 2 amide bonds. The van der Waals surface area contributed by atoms with Crippen molar-refractivity contribution in [1.29, 1.82) is 0 Å². The molecule has 1 saturated carbocycles. The van der Waals surface area contributed by atoms with Crippen LogP contribution in [0.15, 0.2) is 42.5 Å². The molecule has 1 fully saturated rings. The number of para-hydroxylation sites is 2. The molecule has 2 heterocycles. The van der Waals surface area contributed by atoms with Crippen molar-refractivity contribution in [3.63, 3.8) is 0 Å². The van der Waals surface area contributed by atoms with Gasteiger partial charge in [0.05, 0.1) is 16.7 Å². The lowest BCUT2D eigenvalue weighted by molar-refractivity contribution is -0.118. The van der Waals surface area contributed by atoms with Crippen molar-refractivity contribution in [1.82, 2.24) is 9.55 Å². The third-order valence-electron chi connectivity index (χ3n) is 5.64. The summed E-state index contributed by atoms with van der Waals surface area (Å²) in [6.45, 7) is -0.00996. The summed E-state index contributed by atoms with van der Waals surface area (Å²) in [4.78, 5) is 29.2. The number of ether oxygens (including phenoxy) is 1. The van der Waals surface area contributed by atoms with Gasteiger partial charge in [0.1, 0.15) is 5.75 Å². The zero-order chi connectivity index (χ0) is 19.8. The molecule has 0 spiro atoms. The fourth-order valence-corrected chi connectivity index (χ4v) is 4.24. The number of amides is 2. The summed E-state index contributed by atoms with van der Waals surface area (Å²) in [6.07, 6.45) is 5.81. The summed E-state index contributed by atoms with van der Waals surface area (Å²) in [5, 5.41) is 5.73. The van der Waals surface area contributed by atoms with Gasteiger partial charge in [-0.15, -0.1) is 0 Å². The highest BCUT2D eigenvalue weighted by Crippen LogP contribution is 2.34. The molecule has 5 rings (SSSR count). The Hall–Kier alpha value is -3.35. The Morgan fingerprint density at radius 1 is 1.14 bits per heavy atom. The summed E-state index contributed by atoms with van der Waals surface area (Å²) in [5.41, 5.74) is 2.87. The summed E-state index contributed by atoms with van der Waals surface area (Å²) < 4.78 is 7.54. The minimum absolute atomic E-state index is 0.00996. The van der Waals surface area contributed by atoms with E-state index in [1.165, 1.54) is 19.3 Å². The number of fused-ring (bicyclic) bond motifs is 2. The van der Waals surface area contributed by atoms with Gasteiger partial charge in [-0.05, 0) is 43.2 Å². The number of benzene rings is 2. The number of hydrogen-bond donors (Lipinski definition) is 2. The second kappa shape index (κ2) is 7.24. The number of hydrogen-bond acceptors (Lipinski definition) is 4. The molecule has 2 aliphatic rings. The van der Waals surface area contributed by atoms with Gasteiger partial charge in [0.25, 0.3) is 11.8 Å². The number of anilines is 2. The lowest BCUT2D eigenvalue weighted by Gasteiger charge is -2.25. The first-order valence-corrected chi connectivity index (χ1v) is 10.0. The Bertz CT molecular complexity index is 1100. The quantitative estimate of drug-likeness (QED) is 0.704. The summed E-state index contributed by atoms with van der Waals surface area (Å²) in [7, 11) is 0. The molecule has 0 unspecified atom stereocenters. The van der Waals surface area contributed by atoms with E-state index < -0.39 is 0 Å². The van der Waals surface area contributed by atoms with Crippen molar-refractivity contribution < 1.29 is 14.3 Å². The predicted molar refractivity (Wildman–Crippen MR) is 110 cm³/mol. The van der Waals surface area contributed by atoms with Crippen molar-refractivity contribution in [3.8, 4) is 5.75 Å². The summed E-state index contributed by atoms with van der Waals surface area (Å²) in [6, 6.07) is 13.3. The van der Waals surface area contributed by atoms with E-state index in [2.05, 4.69) is 26.3 Å². The second-order valence-corrected chi connectivity index (χ2v) is 7.59. The minimum atomic E-state index is -0.264. The fourth-order valence-electron chi connectivity index (χ4n) is 4.24. The van der Waals surface area contributed by atoms with E-state index in [4.69, 9.17) is 4.74 Å². The van der Waals surface area contributed by atoms with Crippen LogP contribution in [-0.4, -0.2) is 28.0 Å². The molecular formula is C22H22N4O3. The average molecular weight is 390 g/mol. The molecule has 0 radical (unpaired) electrons. The molecule has 1 aromatic heterocycles. The Morgan fingerprint density at radius 2 is 1.97 bits per heavy atom. The topological polar surface area (TPSA) is 85.2 Å². The number of carbonyl (C=O) groups excluding carboxylic acids is 2. The zero-order valence-corrected chi connectivity index (χ0v) is 16.0. The van der Waals surface area contributed by atoms with Crippen LogP contribution in [0.3, 0.4) is 0 Å². The SMILES string of the molecule is O=C1COc2ccc(C(=O)Nc3nc4ccccc4n3C3CCCCC3)cc2N1. The number of rotatable bonds is 3. The van der Waals surface area contributed by atoms with Crippen LogP contribution < -0.4 is 15.4 Å². The van der Waals surface area contributed by atoms with Gasteiger partial charge in [0.2, 0.25) is 5.95 Å². The molecule has 0 saturated heterocycles. The Morgan fingerprint density at radius 3 is 2.83 bits per heavy atom. The maximum Gasteiger partial charge on any atom is 0.262 e. The lowest BCUT2D eigenvalue weighted by atomic mass is 9.95. The summed E-state index contributed by atoms with van der Waals surface area (Å²) in [5.74, 6) is 0.644. The third kappa shape index (κ3) is 3.33. The van der Waals surface area contributed by atoms with Crippen molar-refractivity contribution >= 4 is 34.5 Å². The minimum Gasteiger partial charge on any atom is -0.482 e. The van der Waals surface area contributed by atoms with E-state index >= 15 is 0 Å². The van der Waals surface area contributed by atoms with E-state index in [0.29, 0.717) is 29.0 Å². The van der Waals surface area contributed by atoms with Crippen molar-refractivity contribution in [2.24, 2.45) is 0 Å². The van der Waals surface area contributed by atoms with E-state index in [0.717, 1.165) is 23.9 Å². The van der Waals surface area contributed by atoms with Crippen LogP contribution in [0.4, 0.5) is 11.6 Å². The van der Waals surface area contributed by atoms with Gasteiger partial charge in [0, 0.05) is 11.6 Å². The molecule has 148 valence electrons. The Labute approximate surface area is 168 Å². The maximum absolute atomic E-state index is 13.0. The van der Waals surface area contributed by atoms with Crippen molar-refractivity contribution in [3.05, 3.63) is 48.0 Å². The molecule has 7 nitrogen and oxygen atoms in total. The monoisotopic (exact) mass is 390 g/mol. The van der Waals surface area contributed by atoms with E-state index in [1.807, 2.05) is 18.2 Å². The van der Waals surface area contributed by atoms with Crippen molar-refractivity contribution in [2.45, 2.75) is 38.1 Å². The second-order valence-electron chi connectivity index (χ2n) is 7.59. The first-order valence-electron chi connectivity index (χ1n) is 10.0. The first kappa shape index (κ1) is 17.7. The lowest BCUT2D eigenvalue weighted by Crippen LogP contribution is -2.26. The van der Waals surface area contributed by atoms with Crippen LogP contribution >= 0.6 is 0 Å². The molecule has 29 heavy (non-hydrogen) atoms. The predicted octanol–water partition coefficient (Wildman–Crippen LogP) is 4.12. The maximum atomic E-state index is 13.0. The third-order valence-corrected chi connectivity index (χ3v) is 5.64. The van der Waals surface area contributed by atoms with E-state index in [9.17, 15) is 9.59 Å². The van der Waals surface area contributed by atoms with Gasteiger partial charge in [0.15, 0.2) is 6.61 Å². The molecule has 2 aromatic carbocycles. The highest BCUT2D eigenvalue weighted by molar-refractivity contribution is 6.06. The van der Waals surface area contributed by atoms with Crippen LogP contribution in [0.5, 0.6) is 5.75 Å². The molecule has 3 aromatic rings. The fraction of sp³-hybridized carbons (Fsp3) is 0.318. The molecule has 2 N–H and O–H groups in total. The average Bonchev–Trinajstić information content (AvgIpc) is 3.11. The van der Waals surface area contributed by atoms with Gasteiger partial charge >= 0.3 is 0 Å². The standard InChI is InChI=1S/C22H22N4O3/c27-20-13-29-19-11-10-14(12-17(19)23-20)21(28)25-22-24-16-8-4-5-9-18(16)26(22)15-6-2-1-3-7-15/h4-5,8-12,15H,1-3,6-7,13H2,(H,23,27)(H,24,25,28). The summed E-state index contributed by atoms with van der Waals surface area (Å²) >= 11 is 0. The molecule has 1 aliphatic carbocycles. The van der Waals surface area contributed by atoms with Crippen LogP contribution in [0, 0.1) is 0 Å². The van der Waals surface area contributed by atoms with Crippen LogP contribution in [0.2, 0.25) is 0 Å². The number of carbonyl (C=O) groups is 2. The smallest absolute Gasteiger partial charge is 0.262 e. The van der Waals surface area contributed by atoms with Gasteiger partial charge in [-0.2, -0.15) is 0 Å². The van der Waals surface area contributed by atoms with Crippen molar-refractivity contribution in [2.75, 3.05) is 17.2 Å². The van der Waals surface area contributed by atoms with Crippen LogP contribution in [0.1, 0.15) is 48.5 Å². The molecule has 0 atom stereocenters. The van der Waals surface area contributed by atoms with Gasteiger partial charge in [-0.3, -0.25) is 14.9 Å². The number of aromatic nitrogens is 2. The van der Waals surface area contributed by atoms with Crippen LogP contribution in [0.25, 0.3) is 11.0 Å². The zero-order valence-electron chi connectivity index (χ0n) is 16.0. The van der Waals surface area contributed by atoms with E-state index in [1.54, 1.807) is 18.2 Å². The van der Waals surface area contributed by atoms with Gasteiger partial charge < -0.3 is 14.6 Å². The van der Waals surface area contributed by atoms with E-state index in [-0.39, 0.29) is 18.4 Å². The highest BCUT2D eigenvalue weighted by atomic mass is 16.5. The Kier molecular flexibility index (Phi) is 4.42. The molecule has 0 bridgehead atoms. The molecule has 7 heteroatoms. The highest BCUT2D eigenvalue weighted by Gasteiger charge is 2.23. The molecular weight excluding hydrogens is 368 g/mol. The van der Waals surface area contributed by atoms with Crippen LogP contribution in [-0.2, 0) is 4.79 Å². The Balaban J connectivity index is 1.48. The number of nitrogens with one attached hydrogen (secondary N) is 2. The largest absolute Gasteiger partial charge is 0.482 e. The molecule has 1 aliphatic heterocycles. The first-order chi connectivity index (χ1) is 14.2. The van der Waals surface area contributed by atoms with Gasteiger partial charge in [-0.25, -0.2) is 4.98 Å². The van der Waals surface area contributed by atoms with Gasteiger partial charge in [-0.1, -0.05) is 31.4 Å². The number of nitrogens with zero attached hydrogens (tertiary/aromatic N) is 2.